The first-order valence-corrected chi connectivity index (χ1v) is 12.1. The second-order valence-electron chi connectivity index (χ2n) is 11.1. The SMILES string of the molecule is CC(C)(C)OC(=O)N[C@H]1C[C@@H](ON(C(=O)OC(C)(C)C)[C@H]2C[C@H](OC(=O)c3ccc(N=O)cc3)C2)C1. The molecule has 2 amide bonds. The van der Waals surface area contributed by atoms with Crippen LogP contribution >= 0.6 is 0 Å². The topological polar surface area (TPSA) is 133 Å². The number of alkyl carbamates (subject to hydrolysis) is 1. The lowest BCUT2D eigenvalue weighted by molar-refractivity contribution is -0.242. The number of benzene rings is 1. The largest absolute Gasteiger partial charge is 0.459 e. The molecule has 11 heteroatoms. The van der Waals surface area contributed by atoms with Crippen molar-refractivity contribution in [3.63, 3.8) is 0 Å². The molecule has 0 aromatic heterocycles. The molecular weight excluding hydrogens is 470 g/mol. The molecule has 2 aliphatic rings. The van der Waals surface area contributed by atoms with E-state index in [2.05, 4.69) is 10.5 Å². The quantitative estimate of drug-likeness (QED) is 0.237. The van der Waals surface area contributed by atoms with Gasteiger partial charge in [-0.1, -0.05) is 0 Å². The average Bonchev–Trinajstić information content (AvgIpc) is 2.69. The molecule has 0 heterocycles. The summed E-state index contributed by atoms with van der Waals surface area (Å²) in [5.41, 5.74) is -0.765. The Balaban J connectivity index is 1.51. The summed E-state index contributed by atoms with van der Waals surface area (Å²) in [6, 6.07) is 5.40. The van der Waals surface area contributed by atoms with Crippen LogP contribution in [0.2, 0.25) is 0 Å². The van der Waals surface area contributed by atoms with E-state index in [1.807, 2.05) is 0 Å². The summed E-state index contributed by atoms with van der Waals surface area (Å²) in [5.74, 6) is -0.518. The van der Waals surface area contributed by atoms with Gasteiger partial charge < -0.3 is 19.5 Å². The Morgan fingerprint density at radius 3 is 2.00 bits per heavy atom. The maximum absolute atomic E-state index is 12.8. The summed E-state index contributed by atoms with van der Waals surface area (Å²) in [4.78, 5) is 53.7. The molecule has 2 saturated carbocycles. The monoisotopic (exact) mass is 505 g/mol. The summed E-state index contributed by atoms with van der Waals surface area (Å²) < 4.78 is 16.3. The Morgan fingerprint density at radius 2 is 1.47 bits per heavy atom. The van der Waals surface area contributed by atoms with Crippen LogP contribution in [0.1, 0.15) is 77.6 Å². The van der Waals surface area contributed by atoms with Crippen LogP contribution in [0, 0.1) is 4.91 Å². The van der Waals surface area contributed by atoms with E-state index in [0.717, 1.165) is 0 Å². The van der Waals surface area contributed by atoms with Crippen molar-refractivity contribution in [2.45, 2.75) is 103 Å². The zero-order valence-electron chi connectivity index (χ0n) is 21.6. The Kier molecular flexibility index (Phi) is 8.22. The number of esters is 1. The van der Waals surface area contributed by atoms with Gasteiger partial charge in [-0.2, -0.15) is 5.06 Å². The minimum absolute atomic E-state index is 0.110. The van der Waals surface area contributed by atoms with Crippen molar-refractivity contribution < 1.29 is 33.4 Å². The number of ether oxygens (including phenoxy) is 3. The molecule has 0 bridgehead atoms. The second-order valence-corrected chi connectivity index (χ2v) is 11.1. The summed E-state index contributed by atoms with van der Waals surface area (Å²) in [7, 11) is 0. The number of hydrogen-bond donors (Lipinski definition) is 1. The maximum Gasteiger partial charge on any atom is 0.434 e. The fraction of sp³-hybridized carbons (Fsp3) is 0.640. The van der Waals surface area contributed by atoms with Crippen molar-refractivity contribution in [2.75, 3.05) is 0 Å². The number of hydroxylamine groups is 2. The number of carbonyl (C=O) groups is 3. The highest BCUT2D eigenvalue weighted by Crippen LogP contribution is 2.34. The van der Waals surface area contributed by atoms with Gasteiger partial charge in [0.25, 0.3) is 0 Å². The van der Waals surface area contributed by atoms with E-state index >= 15 is 0 Å². The highest BCUT2D eigenvalue weighted by Gasteiger charge is 2.44. The molecule has 11 nitrogen and oxygen atoms in total. The summed E-state index contributed by atoms with van der Waals surface area (Å²) in [6.45, 7) is 10.7. The van der Waals surface area contributed by atoms with Gasteiger partial charge in [0.2, 0.25) is 0 Å². The third kappa shape index (κ3) is 7.91. The Morgan fingerprint density at radius 1 is 0.889 bits per heavy atom. The standard InChI is InChI=1S/C25H35N3O8/c1-24(2,3)34-22(30)26-17-11-20(12-17)36-28(23(31)35-25(4,5)6)18-13-19(14-18)33-21(29)15-7-9-16(27-32)10-8-15/h7-10,17-20H,11-14H2,1-6H3,(H,26,30)/t17-,18-,19-,20+. The number of nitrogens with one attached hydrogen (secondary N) is 1. The molecule has 2 fully saturated rings. The molecule has 36 heavy (non-hydrogen) atoms. The first kappa shape index (κ1) is 27.4. The highest BCUT2D eigenvalue weighted by molar-refractivity contribution is 5.89. The number of rotatable bonds is 7. The van der Waals surface area contributed by atoms with Crippen LogP contribution in [0.3, 0.4) is 0 Å². The molecule has 1 aromatic rings. The zero-order chi connectivity index (χ0) is 26.7. The minimum atomic E-state index is -0.711. The van der Waals surface area contributed by atoms with Gasteiger partial charge in [0, 0.05) is 18.9 Å². The van der Waals surface area contributed by atoms with E-state index in [1.54, 1.807) is 41.5 Å². The second kappa shape index (κ2) is 10.8. The molecule has 0 atom stereocenters. The van der Waals surface area contributed by atoms with Crippen LogP contribution in [0.25, 0.3) is 0 Å². The van der Waals surface area contributed by atoms with E-state index in [9.17, 15) is 19.3 Å². The fourth-order valence-electron chi connectivity index (χ4n) is 3.69. The number of amides is 2. The van der Waals surface area contributed by atoms with Crippen molar-refractivity contribution in [1.29, 1.82) is 0 Å². The first-order chi connectivity index (χ1) is 16.7. The van der Waals surface area contributed by atoms with Gasteiger partial charge in [-0.05, 0) is 83.8 Å². The van der Waals surface area contributed by atoms with Crippen LogP contribution in [-0.4, -0.2) is 58.7 Å². The van der Waals surface area contributed by atoms with Gasteiger partial charge in [0.05, 0.1) is 17.7 Å². The van der Waals surface area contributed by atoms with Crippen LogP contribution in [0.4, 0.5) is 15.3 Å². The van der Waals surface area contributed by atoms with E-state index in [4.69, 9.17) is 19.0 Å². The molecule has 2 aliphatic carbocycles. The van der Waals surface area contributed by atoms with Crippen LogP contribution < -0.4 is 5.32 Å². The molecule has 0 spiro atoms. The minimum Gasteiger partial charge on any atom is -0.459 e. The zero-order valence-corrected chi connectivity index (χ0v) is 21.6. The highest BCUT2D eigenvalue weighted by atomic mass is 16.7. The molecule has 198 valence electrons. The molecular formula is C25H35N3O8. The van der Waals surface area contributed by atoms with Gasteiger partial charge in [-0.25, -0.2) is 14.4 Å². The normalized spacial score (nSPS) is 23.4. The van der Waals surface area contributed by atoms with Crippen LogP contribution in [0.5, 0.6) is 0 Å². The molecule has 0 saturated heterocycles. The third-order valence-corrected chi connectivity index (χ3v) is 5.54. The Bertz CT molecular complexity index is 955. The lowest BCUT2D eigenvalue weighted by atomic mass is 9.88. The van der Waals surface area contributed by atoms with Gasteiger partial charge in [-0.3, -0.25) is 4.84 Å². The fourth-order valence-corrected chi connectivity index (χ4v) is 3.69. The van der Waals surface area contributed by atoms with E-state index in [1.165, 1.54) is 29.3 Å². The van der Waals surface area contributed by atoms with E-state index in [0.29, 0.717) is 31.2 Å². The van der Waals surface area contributed by atoms with Crippen molar-refractivity contribution in [3.05, 3.63) is 34.7 Å². The first-order valence-electron chi connectivity index (χ1n) is 12.1. The van der Waals surface area contributed by atoms with Crippen LogP contribution in [0.15, 0.2) is 29.4 Å². The lowest BCUT2D eigenvalue weighted by Crippen LogP contribution is -2.56. The van der Waals surface area contributed by atoms with Crippen molar-refractivity contribution in [3.8, 4) is 0 Å². The van der Waals surface area contributed by atoms with Crippen molar-refractivity contribution in [2.24, 2.45) is 5.18 Å². The lowest BCUT2D eigenvalue weighted by Gasteiger charge is -2.45. The average molecular weight is 506 g/mol. The van der Waals surface area contributed by atoms with Gasteiger partial charge in [0.1, 0.15) is 23.0 Å². The van der Waals surface area contributed by atoms with E-state index in [-0.39, 0.29) is 30.0 Å². The summed E-state index contributed by atoms with van der Waals surface area (Å²) in [6.07, 6.45) is 0.0709. The smallest absolute Gasteiger partial charge is 0.434 e. The number of carbonyl (C=O) groups excluding carboxylic acids is 3. The van der Waals surface area contributed by atoms with Gasteiger partial charge in [0.15, 0.2) is 0 Å². The molecule has 0 unspecified atom stereocenters. The summed E-state index contributed by atoms with van der Waals surface area (Å²) >= 11 is 0. The maximum atomic E-state index is 12.8. The third-order valence-electron chi connectivity index (χ3n) is 5.54. The Hall–Kier alpha value is -3.21. The van der Waals surface area contributed by atoms with Gasteiger partial charge in [-0.15, -0.1) is 4.91 Å². The van der Waals surface area contributed by atoms with Crippen LogP contribution in [-0.2, 0) is 19.0 Å². The molecule has 3 rings (SSSR count). The number of nitroso groups, excluding NO2 is 1. The molecule has 0 radical (unpaired) electrons. The predicted octanol–water partition coefficient (Wildman–Crippen LogP) is 5.00. The molecule has 1 N–H and O–H groups in total. The predicted molar refractivity (Wildman–Crippen MR) is 129 cm³/mol. The van der Waals surface area contributed by atoms with Crippen molar-refractivity contribution >= 4 is 23.8 Å². The molecule has 1 aromatic carbocycles. The Labute approximate surface area is 210 Å². The number of nitrogens with zero attached hydrogens (tertiary/aromatic N) is 2. The van der Waals surface area contributed by atoms with E-state index < -0.39 is 29.4 Å². The van der Waals surface area contributed by atoms with Crippen molar-refractivity contribution in [1.82, 2.24) is 10.4 Å². The van der Waals surface area contributed by atoms with Gasteiger partial charge >= 0.3 is 18.2 Å². The molecule has 0 aliphatic heterocycles. The number of hydrogen-bond acceptors (Lipinski definition) is 9. The summed E-state index contributed by atoms with van der Waals surface area (Å²) in [5, 5.41) is 6.83.